The maximum Gasteiger partial charge on any atom is 0.339 e. The molecule has 0 aliphatic heterocycles. The van der Waals surface area contributed by atoms with Crippen LogP contribution in [-0.4, -0.2) is 23.0 Å². The van der Waals surface area contributed by atoms with Crippen LogP contribution in [0.2, 0.25) is 0 Å². The van der Waals surface area contributed by atoms with Crippen LogP contribution in [0.3, 0.4) is 0 Å². The molecular formula is C18H15F2N5O2. The Morgan fingerprint density at radius 3 is 2.44 bits per heavy atom. The average Bonchev–Trinajstić information content (AvgIpc) is 2.67. The Balaban J connectivity index is 1.90. The number of hydrogen-bond donors (Lipinski definition) is 3. The molecule has 0 bridgehead atoms. The van der Waals surface area contributed by atoms with E-state index < -0.39 is 17.6 Å². The molecule has 9 heteroatoms. The van der Waals surface area contributed by atoms with E-state index in [1.807, 2.05) is 0 Å². The lowest BCUT2D eigenvalue weighted by Gasteiger charge is -2.14. The molecule has 2 aromatic carbocycles. The first-order valence-corrected chi connectivity index (χ1v) is 7.76. The fourth-order valence-corrected chi connectivity index (χ4v) is 2.31. The van der Waals surface area contributed by atoms with Gasteiger partial charge in [-0.2, -0.15) is 0 Å². The van der Waals surface area contributed by atoms with E-state index in [0.29, 0.717) is 11.3 Å². The second-order valence-corrected chi connectivity index (χ2v) is 5.40. The zero-order valence-electron chi connectivity index (χ0n) is 14.2. The third kappa shape index (κ3) is 3.92. The van der Waals surface area contributed by atoms with E-state index in [0.717, 1.165) is 12.1 Å². The summed E-state index contributed by atoms with van der Waals surface area (Å²) in [5.74, 6) is -2.07. The van der Waals surface area contributed by atoms with Crippen molar-refractivity contribution in [2.24, 2.45) is 0 Å². The number of aromatic nitrogens is 2. The van der Waals surface area contributed by atoms with Gasteiger partial charge in [-0.25, -0.2) is 23.5 Å². The van der Waals surface area contributed by atoms with E-state index in [-0.39, 0.29) is 23.0 Å². The number of nitrogens with two attached hydrogens (primary N) is 1. The van der Waals surface area contributed by atoms with Crippen LogP contribution in [-0.2, 0) is 4.74 Å². The van der Waals surface area contributed by atoms with E-state index in [1.165, 1.54) is 19.5 Å². The molecule has 1 aromatic heterocycles. The lowest BCUT2D eigenvalue weighted by molar-refractivity contribution is 0.0602. The van der Waals surface area contributed by atoms with E-state index >= 15 is 0 Å². The number of benzene rings is 2. The number of methoxy groups -OCH3 is 1. The van der Waals surface area contributed by atoms with E-state index in [9.17, 15) is 13.6 Å². The number of ether oxygens (including phenoxy) is 1. The van der Waals surface area contributed by atoms with Crippen LogP contribution >= 0.6 is 0 Å². The number of nitrogen functional groups attached to an aromatic ring is 1. The predicted molar refractivity (Wildman–Crippen MR) is 97.1 cm³/mol. The van der Waals surface area contributed by atoms with Gasteiger partial charge in [-0.3, -0.25) is 0 Å². The van der Waals surface area contributed by atoms with E-state index in [1.54, 1.807) is 24.3 Å². The summed E-state index contributed by atoms with van der Waals surface area (Å²) in [6.45, 7) is 0. The Labute approximate surface area is 153 Å². The smallest absolute Gasteiger partial charge is 0.339 e. The summed E-state index contributed by atoms with van der Waals surface area (Å²) < 4.78 is 31.2. The largest absolute Gasteiger partial charge is 0.465 e. The Morgan fingerprint density at radius 2 is 1.74 bits per heavy atom. The molecule has 0 fully saturated rings. The Kier molecular flexibility index (Phi) is 5.11. The van der Waals surface area contributed by atoms with Gasteiger partial charge in [0.05, 0.1) is 18.4 Å². The highest BCUT2D eigenvalue weighted by Gasteiger charge is 2.15. The molecule has 1 heterocycles. The highest BCUT2D eigenvalue weighted by Crippen LogP contribution is 2.29. The highest BCUT2D eigenvalue weighted by molar-refractivity contribution is 5.97. The molecule has 0 aliphatic rings. The van der Waals surface area contributed by atoms with Crippen molar-refractivity contribution < 1.29 is 18.3 Å². The molecule has 3 aromatic rings. The van der Waals surface area contributed by atoms with Crippen molar-refractivity contribution in [3.63, 3.8) is 0 Å². The third-order valence-corrected chi connectivity index (χ3v) is 3.65. The minimum absolute atomic E-state index is 0.127. The molecule has 0 radical (unpaired) electrons. The Hall–Kier alpha value is -3.75. The Morgan fingerprint density at radius 1 is 1.04 bits per heavy atom. The summed E-state index contributed by atoms with van der Waals surface area (Å²) in [5.41, 5.74) is 7.20. The van der Waals surface area contributed by atoms with Crippen LogP contribution < -0.4 is 16.4 Å². The van der Waals surface area contributed by atoms with E-state index in [2.05, 4.69) is 20.6 Å². The summed E-state index contributed by atoms with van der Waals surface area (Å²) in [5, 5.41) is 5.75. The summed E-state index contributed by atoms with van der Waals surface area (Å²) in [6, 6.07) is 9.99. The first kappa shape index (κ1) is 18.1. The number of halogens is 2. The van der Waals surface area contributed by atoms with Gasteiger partial charge in [0.2, 0.25) is 0 Å². The summed E-state index contributed by atoms with van der Waals surface area (Å²) in [4.78, 5) is 19.9. The summed E-state index contributed by atoms with van der Waals surface area (Å²) >= 11 is 0. The van der Waals surface area contributed by atoms with Gasteiger partial charge in [0.1, 0.15) is 12.0 Å². The van der Waals surface area contributed by atoms with Crippen LogP contribution in [0.25, 0.3) is 0 Å². The van der Waals surface area contributed by atoms with Crippen LogP contribution in [0.15, 0.2) is 48.8 Å². The molecule has 0 unspecified atom stereocenters. The van der Waals surface area contributed by atoms with Crippen LogP contribution in [0, 0.1) is 11.6 Å². The maximum absolute atomic E-state index is 13.4. The SMILES string of the molecule is COC(=O)c1ccccc1Nc1ncnc(Nc2ccc(F)c(F)c2)c1N. The number of esters is 1. The second kappa shape index (κ2) is 7.65. The molecule has 0 amide bonds. The lowest BCUT2D eigenvalue weighted by atomic mass is 10.2. The number of nitrogens with one attached hydrogen (secondary N) is 2. The van der Waals surface area contributed by atoms with Crippen LogP contribution in [0.1, 0.15) is 10.4 Å². The molecule has 138 valence electrons. The fraction of sp³-hybridized carbons (Fsp3) is 0.0556. The molecule has 27 heavy (non-hydrogen) atoms. The minimum atomic E-state index is -1.00. The highest BCUT2D eigenvalue weighted by atomic mass is 19.2. The molecule has 0 aliphatic carbocycles. The lowest BCUT2D eigenvalue weighted by Crippen LogP contribution is -2.09. The van der Waals surface area contributed by atoms with E-state index in [4.69, 9.17) is 10.5 Å². The molecule has 0 spiro atoms. The summed E-state index contributed by atoms with van der Waals surface area (Å²) in [6.07, 6.45) is 1.24. The number of para-hydroxylation sites is 1. The third-order valence-electron chi connectivity index (χ3n) is 3.65. The fourth-order valence-electron chi connectivity index (χ4n) is 2.31. The minimum Gasteiger partial charge on any atom is -0.465 e. The molecule has 4 N–H and O–H groups in total. The van der Waals surface area contributed by atoms with Gasteiger partial charge in [-0.15, -0.1) is 0 Å². The van der Waals surface area contributed by atoms with Gasteiger partial charge in [-0.05, 0) is 24.3 Å². The number of hydrogen-bond acceptors (Lipinski definition) is 7. The second-order valence-electron chi connectivity index (χ2n) is 5.40. The van der Waals surface area contributed by atoms with Crippen LogP contribution in [0.5, 0.6) is 0 Å². The van der Waals surface area contributed by atoms with Gasteiger partial charge in [-0.1, -0.05) is 12.1 Å². The quantitative estimate of drug-likeness (QED) is 0.589. The van der Waals surface area contributed by atoms with Crippen molar-refractivity contribution >= 4 is 34.7 Å². The van der Waals surface area contributed by atoms with Crippen molar-refractivity contribution in [3.8, 4) is 0 Å². The number of nitrogens with zero attached hydrogens (tertiary/aromatic N) is 2. The van der Waals surface area contributed by atoms with Gasteiger partial charge < -0.3 is 21.1 Å². The zero-order chi connectivity index (χ0) is 19.4. The van der Waals surface area contributed by atoms with Gasteiger partial charge in [0.15, 0.2) is 23.3 Å². The standard InChI is InChI=1S/C18H15F2N5O2/c1-27-18(26)11-4-2-3-5-14(11)25-17-15(21)16(22-9-23-17)24-10-6-7-12(19)13(20)8-10/h2-9H,21H2,1H3,(H2,22,23,24,25). The number of anilines is 5. The molecule has 7 nitrogen and oxygen atoms in total. The van der Waals surface area contributed by atoms with Crippen molar-refractivity contribution in [1.82, 2.24) is 9.97 Å². The van der Waals surface area contributed by atoms with Gasteiger partial charge >= 0.3 is 5.97 Å². The molecule has 0 saturated carbocycles. The van der Waals surface area contributed by atoms with Crippen molar-refractivity contribution in [3.05, 3.63) is 66.0 Å². The number of carbonyl (C=O) groups is 1. The maximum atomic E-state index is 13.4. The first-order valence-electron chi connectivity index (χ1n) is 7.76. The van der Waals surface area contributed by atoms with Crippen molar-refractivity contribution in [1.29, 1.82) is 0 Å². The topological polar surface area (TPSA) is 102 Å². The average molecular weight is 371 g/mol. The molecule has 0 saturated heterocycles. The monoisotopic (exact) mass is 371 g/mol. The zero-order valence-corrected chi connectivity index (χ0v) is 14.2. The van der Waals surface area contributed by atoms with Gasteiger partial charge in [0.25, 0.3) is 0 Å². The normalized spacial score (nSPS) is 10.3. The molecular weight excluding hydrogens is 356 g/mol. The summed E-state index contributed by atoms with van der Waals surface area (Å²) in [7, 11) is 1.28. The molecule has 0 atom stereocenters. The van der Waals surface area contributed by atoms with Crippen molar-refractivity contribution in [2.75, 3.05) is 23.5 Å². The van der Waals surface area contributed by atoms with Gasteiger partial charge in [0, 0.05) is 11.8 Å². The Bertz CT molecular complexity index is 997. The number of carbonyl (C=O) groups excluding carboxylic acids is 1. The number of rotatable bonds is 5. The van der Waals surface area contributed by atoms with Crippen LogP contribution in [0.4, 0.5) is 37.5 Å². The molecule has 3 rings (SSSR count). The first-order chi connectivity index (χ1) is 13.0. The van der Waals surface area contributed by atoms with Crippen molar-refractivity contribution in [2.45, 2.75) is 0 Å². The predicted octanol–water partition coefficient (Wildman–Crippen LogP) is 3.61.